The first-order valence-corrected chi connectivity index (χ1v) is 9.23. The summed E-state index contributed by atoms with van der Waals surface area (Å²) in [4.78, 5) is 26.8. The Balaban J connectivity index is 1.74. The molecule has 0 saturated carbocycles. The van der Waals surface area contributed by atoms with Crippen LogP contribution in [-0.4, -0.2) is 38.9 Å². The molecule has 1 saturated heterocycles. The van der Waals surface area contributed by atoms with Crippen LogP contribution in [0.5, 0.6) is 0 Å². The van der Waals surface area contributed by atoms with E-state index in [4.69, 9.17) is 9.26 Å². The Morgan fingerprint density at radius 3 is 2.74 bits per heavy atom. The summed E-state index contributed by atoms with van der Waals surface area (Å²) in [6, 6.07) is 1.39. The highest BCUT2D eigenvalue weighted by molar-refractivity contribution is 5.89. The lowest BCUT2D eigenvalue weighted by molar-refractivity contribution is 0.177. The molecule has 2 aromatic heterocycles. The standard InChI is InChI=1S/C18H26N6O3/c1-10(2)8-14-21-16(27-23-14)12(5)20-17-19-7-6-15(22-17)24-13(11(3)4)9-26-18(24)25/h6-7,10-13H,8-9H2,1-5H3,(H,19,20,22)/t12-,13?/m0/s1. The van der Waals surface area contributed by atoms with E-state index in [0.29, 0.717) is 36.0 Å². The first kappa shape index (κ1) is 19.1. The van der Waals surface area contributed by atoms with Crippen molar-refractivity contribution < 1.29 is 14.1 Å². The van der Waals surface area contributed by atoms with Crippen molar-refractivity contribution in [2.75, 3.05) is 16.8 Å². The van der Waals surface area contributed by atoms with Crippen LogP contribution in [0.15, 0.2) is 16.8 Å². The molecule has 1 aliphatic rings. The van der Waals surface area contributed by atoms with Gasteiger partial charge in [-0.15, -0.1) is 0 Å². The summed E-state index contributed by atoms with van der Waals surface area (Å²) in [6.45, 7) is 10.6. The number of rotatable bonds is 7. The zero-order chi connectivity index (χ0) is 19.6. The van der Waals surface area contributed by atoms with Gasteiger partial charge in [-0.05, 0) is 24.8 Å². The van der Waals surface area contributed by atoms with Gasteiger partial charge in [0.2, 0.25) is 11.8 Å². The molecule has 3 rings (SSSR count). The van der Waals surface area contributed by atoms with E-state index in [1.807, 2.05) is 20.8 Å². The number of nitrogens with one attached hydrogen (secondary N) is 1. The van der Waals surface area contributed by atoms with E-state index in [-0.39, 0.29) is 24.1 Å². The van der Waals surface area contributed by atoms with E-state index in [1.54, 1.807) is 17.2 Å². The largest absolute Gasteiger partial charge is 0.447 e. The molecule has 27 heavy (non-hydrogen) atoms. The number of cyclic esters (lactones) is 1. The van der Waals surface area contributed by atoms with Crippen molar-refractivity contribution in [1.29, 1.82) is 0 Å². The maximum Gasteiger partial charge on any atom is 0.415 e. The number of aromatic nitrogens is 4. The van der Waals surface area contributed by atoms with Crippen molar-refractivity contribution in [3.63, 3.8) is 0 Å². The third-order valence-electron chi connectivity index (χ3n) is 4.35. The van der Waals surface area contributed by atoms with Gasteiger partial charge in [0.05, 0.1) is 6.04 Å². The van der Waals surface area contributed by atoms with E-state index in [2.05, 4.69) is 39.3 Å². The van der Waals surface area contributed by atoms with E-state index in [9.17, 15) is 4.79 Å². The summed E-state index contributed by atoms with van der Waals surface area (Å²) in [6.07, 6.45) is 1.98. The summed E-state index contributed by atoms with van der Waals surface area (Å²) >= 11 is 0. The van der Waals surface area contributed by atoms with Crippen LogP contribution in [0.2, 0.25) is 0 Å². The molecule has 9 heteroatoms. The molecular weight excluding hydrogens is 348 g/mol. The Kier molecular flexibility index (Phi) is 5.57. The highest BCUT2D eigenvalue weighted by atomic mass is 16.6. The predicted octanol–water partition coefficient (Wildman–Crippen LogP) is 3.21. The van der Waals surface area contributed by atoms with Crippen molar-refractivity contribution >= 4 is 17.9 Å². The minimum atomic E-state index is -0.387. The Morgan fingerprint density at radius 1 is 1.26 bits per heavy atom. The maximum absolute atomic E-state index is 12.1. The van der Waals surface area contributed by atoms with Crippen LogP contribution in [-0.2, 0) is 11.2 Å². The summed E-state index contributed by atoms with van der Waals surface area (Å²) in [7, 11) is 0. The first-order chi connectivity index (χ1) is 12.8. The molecular formula is C18H26N6O3. The van der Waals surface area contributed by atoms with Crippen molar-refractivity contribution in [2.45, 2.75) is 53.1 Å². The van der Waals surface area contributed by atoms with Crippen molar-refractivity contribution in [1.82, 2.24) is 20.1 Å². The van der Waals surface area contributed by atoms with Gasteiger partial charge in [0.15, 0.2) is 5.82 Å². The molecule has 3 heterocycles. The van der Waals surface area contributed by atoms with Gasteiger partial charge in [-0.3, -0.25) is 4.90 Å². The van der Waals surface area contributed by atoms with Crippen LogP contribution in [0.3, 0.4) is 0 Å². The van der Waals surface area contributed by atoms with E-state index < -0.39 is 0 Å². The molecule has 1 fully saturated rings. The molecule has 0 aromatic carbocycles. The molecule has 1 N–H and O–H groups in total. The fourth-order valence-electron chi connectivity index (χ4n) is 2.89. The molecule has 146 valence electrons. The summed E-state index contributed by atoms with van der Waals surface area (Å²) < 4.78 is 10.5. The zero-order valence-corrected chi connectivity index (χ0v) is 16.3. The number of nitrogens with zero attached hydrogens (tertiary/aromatic N) is 5. The SMILES string of the molecule is CC(C)Cc1noc([C@H](C)Nc2nccc(N3C(=O)OCC3C(C)C)n2)n1. The maximum atomic E-state index is 12.1. The number of hydrogen-bond donors (Lipinski definition) is 1. The predicted molar refractivity (Wildman–Crippen MR) is 99.4 cm³/mol. The normalized spacial score (nSPS) is 18.3. The molecule has 2 aromatic rings. The lowest BCUT2D eigenvalue weighted by atomic mass is 10.0. The van der Waals surface area contributed by atoms with Crippen LogP contribution in [0.4, 0.5) is 16.6 Å². The van der Waals surface area contributed by atoms with Crippen LogP contribution in [0, 0.1) is 11.8 Å². The van der Waals surface area contributed by atoms with Crippen molar-refractivity contribution in [3.05, 3.63) is 24.0 Å². The van der Waals surface area contributed by atoms with Crippen LogP contribution in [0.1, 0.15) is 52.4 Å². The highest BCUT2D eigenvalue weighted by Crippen LogP contribution is 2.26. The second-order valence-corrected chi connectivity index (χ2v) is 7.51. The third-order valence-corrected chi connectivity index (χ3v) is 4.35. The molecule has 1 amide bonds. The quantitative estimate of drug-likeness (QED) is 0.787. The zero-order valence-electron chi connectivity index (χ0n) is 16.3. The molecule has 2 atom stereocenters. The van der Waals surface area contributed by atoms with Gasteiger partial charge < -0.3 is 14.6 Å². The van der Waals surface area contributed by atoms with Crippen LogP contribution >= 0.6 is 0 Å². The molecule has 0 radical (unpaired) electrons. The number of anilines is 2. The Labute approximate surface area is 158 Å². The van der Waals surface area contributed by atoms with Gasteiger partial charge in [0.25, 0.3) is 0 Å². The third kappa shape index (κ3) is 4.35. The molecule has 0 spiro atoms. The lowest BCUT2D eigenvalue weighted by Crippen LogP contribution is -2.37. The second kappa shape index (κ2) is 7.89. The van der Waals surface area contributed by atoms with Gasteiger partial charge in [-0.2, -0.15) is 9.97 Å². The van der Waals surface area contributed by atoms with Crippen molar-refractivity contribution in [3.8, 4) is 0 Å². The Hall–Kier alpha value is -2.71. The van der Waals surface area contributed by atoms with Gasteiger partial charge >= 0.3 is 6.09 Å². The highest BCUT2D eigenvalue weighted by Gasteiger charge is 2.37. The van der Waals surface area contributed by atoms with Gasteiger partial charge in [-0.1, -0.05) is 32.9 Å². The average Bonchev–Trinajstić information content (AvgIpc) is 3.21. The van der Waals surface area contributed by atoms with E-state index in [1.165, 1.54) is 0 Å². The number of carbonyl (C=O) groups is 1. The number of carbonyl (C=O) groups excluding carboxylic acids is 1. The number of ether oxygens (including phenoxy) is 1. The fourth-order valence-corrected chi connectivity index (χ4v) is 2.89. The Morgan fingerprint density at radius 2 is 2.04 bits per heavy atom. The molecule has 9 nitrogen and oxygen atoms in total. The molecule has 1 unspecified atom stereocenters. The first-order valence-electron chi connectivity index (χ1n) is 9.23. The summed E-state index contributed by atoms with van der Waals surface area (Å²) in [5, 5.41) is 7.15. The number of amides is 1. The molecule has 0 aliphatic carbocycles. The van der Waals surface area contributed by atoms with Gasteiger partial charge in [-0.25, -0.2) is 9.78 Å². The van der Waals surface area contributed by atoms with Crippen molar-refractivity contribution in [2.24, 2.45) is 11.8 Å². The molecule has 1 aliphatic heterocycles. The number of hydrogen-bond acceptors (Lipinski definition) is 8. The summed E-state index contributed by atoms with van der Waals surface area (Å²) in [5.74, 6) is 2.74. The van der Waals surface area contributed by atoms with Gasteiger partial charge in [0.1, 0.15) is 18.5 Å². The van der Waals surface area contributed by atoms with Gasteiger partial charge in [0, 0.05) is 12.6 Å². The Bertz CT molecular complexity index is 791. The smallest absolute Gasteiger partial charge is 0.415 e. The van der Waals surface area contributed by atoms with E-state index >= 15 is 0 Å². The van der Waals surface area contributed by atoms with E-state index in [0.717, 1.165) is 6.42 Å². The topological polar surface area (TPSA) is 106 Å². The average molecular weight is 374 g/mol. The lowest BCUT2D eigenvalue weighted by Gasteiger charge is -2.23. The summed E-state index contributed by atoms with van der Waals surface area (Å²) in [5.41, 5.74) is 0. The van der Waals surface area contributed by atoms with Crippen LogP contribution in [0.25, 0.3) is 0 Å². The second-order valence-electron chi connectivity index (χ2n) is 7.51. The fraction of sp³-hybridized carbons (Fsp3) is 0.611. The minimum Gasteiger partial charge on any atom is -0.447 e. The monoisotopic (exact) mass is 374 g/mol. The molecule has 0 bridgehead atoms. The van der Waals surface area contributed by atoms with Crippen LogP contribution < -0.4 is 10.2 Å². The minimum absolute atomic E-state index is 0.0489.